The van der Waals surface area contributed by atoms with Crippen molar-refractivity contribution in [3.05, 3.63) is 23.6 Å². The van der Waals surface area contributed by atoms with Crippen LogP contribution in [0.1, 0.15) is 47.5 Å². The van der Waals surface area contributed by atoms with Gasteiger partial charge < -0.3 is 0 Å². The molecule has 16 heavy (non-hydrogen) atoms. The monoisotopic (exact) mass is 228 g/mol. The van der Waals surface area contributed by atoms with Gasteiger partial charge in [0.15, 0.2) is 0 Å². The normalized spacial score (nSPS) is 25.1. The van der Waals surface area contributed by atoms with Gasteiger partial charge in [0.05, 0.1) is 5.41 Å². The van der Waals surface area contributed by atoms with E-state index in [1.54, 1.807) is 19.9 Å². The van der Waals surface area contributed by atoms with E-state index in [-0.39, 0.29) is 11.2 Å². The molecule has 1 aliphatic rings. The van der Waals surface area contributed by atoms with Gasteiger partial charge in [0.25, 0.3) is 0 Å². The first-order valence-corrected chi connectivity index (χ1v) is 6.02. The van der Waals surface area contributed by atoms with Crippen LogP contribution in [-0.2, 0) is 0 Å². The summed E-state index contributed by atoms with van der Waals surface area (Å²) in [6, 6.07) is 0. The van der Waals surface area contributed by atoms with Crippen molar-refractivity contribution in [1.82, 2.24) is 0 Å². The van der Waals surface area contributed by atoms with E-state index in [0.29, 0.717) is 0 Å². The fourth-order valence-electron chi connectivity index (χ4n) is 1.90. The molecule has 2 heteroatoms. The maximum Gasteiger partial charge on any atom is 0.130 e. The third-order valence-corrected chi connectivity index (χ3v) is 4.17. The van der Waals surface area contributed by atoms with Gasteiger partial charge in [-0.25, -0.2) is 8.78 Å². The molecule has 0 radical (unpaired) electrons. The van der Waals surface area contributed by atoms with E-state index < -0.39 is 11.6 Å². The molecule has 1 unspecified atom stereocenters. The third-order valence-electron chi connectivity index (χ3n) is 4.17. The van der Waals surface area contributed by atoms with Crippen LogP contribution in [0.3, 0.4) is 0 Å². The molecule has 0 spiro atoms. The molecule has 0 nitrogen and oxygen atoms in total. The van der Waals surface area contributed by atoms with Crippen LogP contribution in [0.2, 0.25) is 0 Å². The molecule has 92 valence electrons. The lowest BCUT2D eigenvalue weighted by molar-refractivity contribution is 0.184. The molecule has 0 fully saturated rings. The van der Waals surface area contributed by atoms with Crippen LogP contribution in [0.15, 0.2) is 23.6 Å². The molecule has 0 aromatic carbocycles. The summed E-state index contributed by atoms with van der Waals surface area (Å²) in [5.74, 6) is -0.342. The maximum atomic E-state index is 13.9. The molecule has 0 saturated heterocycles. The second-order valence-corrected chi connectivity index (χ2v) is 5.51. The van der Waals surface area contributed by atoms with Crippen LogP contribution in [0.4, 0.5) is 8.78 Å². The van der Waals surface area contributed by atoms with Gasteiger partial charge in [0.2, 0.25) is 0 Å². The Balaban J connectivity index is 3.12. The Morgan fingerprint density at radius 2 is 1.81 bits per heavy atom. The van der Waals surface area contributed by atoms with Crippen molar-refractivity contribution < 1.29 is 8.78 Å². The maximum absolute atomic E-state index is 13.9. The summed E-state index contributed by atoms with van der Waals surface area (Å²) < 4.78 is 27.8. The van der Waals surface area contributed by atoms with Crippen molar-refractivity contribution in [3.8, 4) is 0 Å². The average Bonchev–Trinajstić information content (AvgIpc) is 2.24. The zero-order valence-electron chi connectivity index (χ0n) is 10.9. The van der Waals surface area contributed by atoms with Gasteiger partial charge in [-0.2, -0.15) is 0 Å². The molecular formula is C14H22F2. The molecule has 0 amide bonds. The highest BCUT2D eigenvalue weighted by Gasteiger charge is 2.39. The number of alkyl halides is 1. The Bertz CT molecular complexity index is 320. The summed E-state index contributed by atoms with van der Waals surface area (Å²) in [7, 11) is 0. The van der Waals surface area contributed by atoms with E-state index in [0.717, 1.165) is 18.4 Å². The van der Waals surface area contributed by atoms with Crippen LogP contribution in [0.25, 0.3) is 0 Å². The van der Waals surface area contributed by atoms with Gasteiger partial charge in [0.1, 0.15) is 12.0 Å². The number of allylic oxidation sites excluding steroid dienone is 4. The molecule has 1 aliphatic carbocycles. The van der Waals surface area contributed by atoms with Crippen LogP contribution >= 0.6 is 0 Å². The Kier molecular flexibility index (Phi) is 3.61. The molecule has 0 aliphatic heterocycles. The first-order valence-electron chi connectivity index (χ1n) is 6.02. The zero-order valence-corrected chi connectivity index (χ0v) is 10.9. The minimum absolute atomic E-state index is 0.113. The number of hydrogen-bond donors (Lipinski definition) is 0. The lowest BCUT2D eigenvalue weighted by Crippen LogP contribution is -2.30. The second-order valence-electron chi connectivity index (χ2n) is 5.51. The zero-order chi connectivity index (χ0) is 12.6. The molecule has 0 aromatic heterocycles. The highest BCUT2D eigenvalue weighted by Crippen LogP contribution is 2.45. The highest BCUT2D eigenvalue weighted by atomic mass is 19.1. The molecule has 1 rings (SSSR count). The second kappa shape index (κ2) is 4.31. The quantitative estimate of drug-likeness (QED) is 0.639. The smallest absolute Gasteiger partial charge is 0.130 e. The predicted octanol–water partition coefficient (Wildman–Crippen LogP) is 4.97. The fraction of sp³-hybridized carbons (Fsp3) is 0.714. The summed E-state index contributed by atoms with van der Waals surface area (Å²) in [5.41, 5.74) is -0.314. The van der Waals surface area contributed by atoms with E-state index in [1.807, 2.05) is 0 Å². The number of halogens is 2. The van der Waals surface area contributed by atoms with Crippen LogP contribution in [-0.4, -0.2) is 6.17 Å². The molecular weight excluding hydrogens is 206 g/mol. The fourth-order valence-corrected chi connectivity index (χ4v) is 1.90. The summed E-state index contributed by atoms with van der Waals surface area (Å²) in [6.07, 6.45) is 3.68. The van der Waals surface area contributed by atoms with E-state index in [2.05, 4.69) is 20.8 Å². The SMILES string of the molecule is CCC(C)(CC)C1=CC(F)C(C)(C)C(F)=C1. The minimum Gasteiger partial charge on any atom is -0.242 e. The van der Waals surface area contributed by atoms with Crippen molar-refractivity contribution in [2.75, 3.05) is 0 Å². The van der Waals surface area contributed by atoms with Crippen LogP contribution in [0, 0.1) is 10.8 Å². The van der Waals surface area contributed by atoms with E-state index in [9.17, 15) is 8.78 Å². The van der Waals surface area contributed by atoms with Crippen molar-refractivity contribution in [3.63, 3.8) is 0 Å². The number of rotatable bonds is 3. The van der Waals surface area contributed by atoms with Gasteiger partial charge >= 0.3 is 0 Å². The molecule has 0 N–H and O–H groups in total. The van der Waals surface area contributed by atoms with Gasteiger partial charge in [-0.05, 0) is 36.0 Å². The Labute approximate surface area is 97.4 Å². The molecule has 1 atom stereocenters. The van der Waals surface area contributed by atoms with Gasteiger partial charge in [-0.15, -0.1) is 0 Å². The Hall–Kier alpha value is -0.660. The summed E-state index contributed by atoms with van der Waals surface area (Å²) in [4.78, 5) is 0. The highest BCUT2D eigenvalue weighted by molar-refractivity contribution is 5.36. The number of hydrogen-bond acceptors (Lipinski definition) is 0. The van der Waals surface area contributed by atoms with E-state index in [1.165, 1.54) is 6.08 Å². The minimum atomic E-state index is -1.23. The largest absolute Gasteiger partial charge is 0.242 e. The molecule has 0 saturated carbocycles. The average molecular weight is 228 g/mol. The third kappa shape index (κ3) is 2.07. The lowest BCUT2D eigenvalue weighted by Gasteiger charge is -2.36. The van der Waals surface area contributed by atoms with Crippen molar-refractivity contribution >= 4 is 0 Å². The van der Waals surface area contributed by atoms with Crippen LogP contribution < -0.4 is 0 Å². The van der Waals surface area contributed by atoms with Gasteiger partial charge in [0, 0.05) is 0 Å². The lowest BCUT2D eigenvalue weighted by atomic mass is 9.71. The topological polar surface area (TPSA) is 0 Å². The Morgan fingerprint density at radius 1 is 1.31 bits per heavy atom. The first kappa shape index (κ1) is 13.4. The van der Waals surface area contributed by atoms with Crippen LogP contribution in [0.5, 0.6) is 0 Å². The first-order chi connectivity index (χ1) is 7.28. The van der Waals surface area contributed by atoms with Crippen molar-refractivity contribution in [2.45, 2.75) is 53.6 Å². The van der Waals surface area contributed by atoms with E-state index in [4.69, 9.17) is 0 Å². The van der Waals surface area contributed by atoms with Gasteiger partial charge in [-0.3, -0.25) is 0 Å². The predicted molar refractivity (Wildman–Crippen MR) is 64.6 cm³/mol. The van der Waals surface area contributed by atoms with Crippen molar-refractivity contribution in [1.29, 1.82) is 0 Å². The molecule has 0 bridgehead atoms. The summed E-state index contributed by atoms with van der Waals surface area (Å²) in [5, 5.41) is 0. The standard InChI is InChI=1S/C14H22F2/c1-6-14(5,7-2)10-8-11(15)13(3,4)12(16)9-10/h8-9,11H,6-7H2,1-5H3. The van der Waals surface area contributed by atoms with E-state index >= 15 is 0 Å². The molecule has 0 heterocycles. The Morgan fingerprint density at radius 3 is 2.19 bits per heavy atom. The molecule has 0 aromatic rings. The van der Waals surface area contributed by atoms with Crippen molar-refractivity contribution in [2.24, 2.45) is 10.8 Å². The summed E-state index contributed by atoms with van der Waals surface area (Å²) >= 11 is 0. The summed E-state index contributed by atoms with van der Waals surface area (Å²) in [6.45, 7) is 9.39. The van der Waals surface area contributed by atoms with Gasteiger partial charge in [-0.1, -0.05) is 34.6 Å².